The van der Waals surface area contributed by atoms with Gasteiger partial charge in [-0.25, -0.2) is 0 Å². The number of amides is 1. The summed E-state index contributed by atoms with van der Waals surface area (Å²) in [6.07, 6.45) is 3.73. The largest absolute Gasteiger partial charge is 0.394 e. The van der Waals surface area contributed by atoms with Crippen molar-refractivity contribution < 1.29 is 24.1 Å². The number of nitrogens with one attached hydrogen (secondary N) is 1. The smallest absolute Gasteiger partial charge is 0.246 e. The van der Waals surface area contributed by atoms with Crippen LogP contribution in [-0.4, -0.2) is 61.8 Å². The summed E-state index contributed by atoms with van der Waals surface area (Å²) in [6, 6.07) is 18.9. The Morgan fingerprint density at radius 3 is 2.50 bits per heavy atom. The molecule has 4 rings (SSSR count). The van der Waals surface area contributed by atoms with E-state index in [1.807, 2.05) is 18.2 Å². The van der Waals surface area contributed by atoms with Crippen LogP contribution in [0.25, 0.3) is 11.1 Å². The molecular weight excluding hydrogens is 406 g/mol. The average molecular weight is 440 g/mol. The van der Waals surface area contributed by atoms with Gasteiger partial charge in [0.1, 0.15) is 6.61 Å². The van der Waals surface area contributed by atoms with Gasteiger partial charge in [-0.05, 0) is 48.8 Å². The Labute approximate surface area is 189 Å². The third-order valence-electron chi connectivity index (χ3n) is 6.44. The number of fused-ring (bicyclic) bond motifs is 1. The summed E-state index contributed by atoms with van der Waals surface area (Å²) >= 11 is 0. The first-order chi connectivity index (χ1) is 15.7. The summed E-state index contributed by atoms with van der Waals surface area (Å²) in [5.41, 5.74) is 3.66. The summed E-state index contributed by atoms with van der Waals surface area (Å²) in [5.74, 6) is -0.147. The summed E-state index contributed by atoms with van der Waals surface area (Å²) in [7, 11) is 1.51. The predicted octanol–water partition coefficient (Wildman–Crippen LogP) is 3.11. The fraction of sp³-hybridized carbons (Fsp3) is 0.500. The molecule has 2 aliphatic heterocycles. The topological polar surface area (TPSA) is 77.0 Å². The maximum absolute atomic E-state index is 12.2. The zero-order valence-corrected chi connectivity index (χ0v) is 18.6. The highest BCUT2D eigenvalue weighted by atomic mass is 16.6. The lowest BCUT2D eigenvalue weighted by Gasteiger charge is -2.45. The first-order valence-corrected chi connectivity index (χ1v) is 11.5. The molecule has 0 spiro atoms. The van der Waals surface area contributed by atoms with Crippen molar-refractivity contribution >= 4 is 5.91 Å². The summed E-state index contributed by atoms with van der Waals surface area (Å²) < 4.78 is 17.4. The van der Waals surface area contributed by atoms with Gasteiger partial charge in [0.2, 0.25) is 5.91 Å². The number of ether oxygens (including phenoxy) is 3. The number of methoxy groups -OCH3 is 1. The van der Waals surface area contributed by atoms with E-state index in [9.17, 15) is 9.90 Å². The van der Waals surface area contributed by atoms with Crippen LogP contribution >= 0.6 is 0 Å². The maximum Gasteiger partial charge on any atom is 0.246 e. The molecule has 0 radical (unpaired) electrons. The number of hydrogen-bond acceptors (Lipinski definition) is 5. The van der Waals surface area contributed by atoms with E-state index in [1.165, 1.54) is 23.8 Å². The monoisotopic (exact) mass is 439 g/mol. The molecule has 0 aliphatic carbocycles. The Morgan fingerprint density at radius 1 is 1.03 bits per heavy atom. The van der Waals surface area contributed by atoms with E-state index >= 15 is 0 Å². The summed E-state index contributed by atoms with van der Waals surface area (Å²) in [6.45, 7) is 0.0463. The van der Waals surface area contributed by atoms with Crippen molar-refractivity contribution in [3.8, 4) is 11.1 Å². The number of aliphatic hydroxyl groups excluding tert-OH is 1. The van der Waals surface area contributed by atoms with Crippen molar-refractivity contribution in [1.29, 1.82) is 0 Å². The van der Waals surface area contributed by atoms with Crippen LogP contribution in [0, 0.1) is 0 Å². The molecule has 0 aromatic heterocycles. The van der Waals surface area contributed by atoms with E-state index in [0.29, 0.717) is 6.42 Å². The Bertz CT molecular complexity index is 856. The van der Waals surface area contributed by atoms with Crippen LogP contribution in [0.4, 0.5) is 0 Å². The first kappa shape index (κ1) is 22.9. The van der Waals surface area contributed by atoms with Gasteiger partial charge in [-0.1, -0.05) is 54.6 Å². The SMILES string of the molecule is COCC(=O)N[C@H]1C[C@@H]2O[C@H](CO)CC[C@@H]2O[C@@H]1CCc1ccc(-c2ccccc2)cc1. The Hall–Kier alpha value is -2.25. The lowest BCUT2D eigenvalue weighted by molar-refractivity contribution is -0.203. The quantitative estimate of drug-likeness (QED) is 0.661. The Morgan fingerprint density at radius 2 is 1.78 bits per heavy atom. The molecule has 2 N–H and O–H groups in total. The number of carbonyl (C=O) groups excluding carboxylic acids is 1. The predicted molar refractivity (Wildman–Crippen MR) is 122 cm³/mol. The highest BCUT2D eigenvalue weighted by molar-refractivity contribution is 5.77. The van der Waals surface area contributed by atoms with Crippen LogP contribution < -0.4 is 5.32 Å². The van der Waals surface area contributed by atoms with E-state index < -0.39 is 0 Å². The molecular formula is C26H33NO5. The third kappa shape index (κ3) is 5.75. The highest BCUT2D eigenvalue weighted by Gasteiger charge is 2.42. The fourth-order valence-corrected chi connectivity index (χ4v) is 4.76. The molecule has 2 aromatic carbocycles. The van der Waals surface area contributed by atoms with Gasteiger partial charge >= 0.3 is 0 Å². The van der Waals surface area contributed by atoms with E-state index in [1.54, 1.807) is 0 Å². The average Bonchev–Trinajstić information content (AvgIpc) is 2.83. The van der Waals surface area contributed by atoms with Gasteiger partial charge < -0.3 is 24.6 Å². The summed E-state index contributed by atoms with van der Waals surface area (Å²) in [5, 5.41) is 12.5. The van der Waals surface area contributed by atoms with E-state index in [0.717, 1.165) is 25.7 Å². The number of carbonyl (C=O) groups is 1. The minimum Gasteiger partial charge on any atom is -0.394 e. The number of aliphatic hydroxyl groups is 1. The van der Waals surface area contributed by atoms with Crippen LogP contribution in [0.3, 0.4) is 0 Å². The Balaban J connectivity index is 1.40. The minimum absolute atomic E-state index is 0.0128. The first-order valence-electron chi connectivity index (χ1n) is 11.5. The van der Waals surface area contributed by atoms with Crippen molar-refractivity contribution in [1.82, 2.24) is 5.32 Å². The number of hydrogen-bond donors (Lipinski definition) is 2. The van der Waals surface area contributed by atoms with Gasteiger partial charge in [-0.3, -0.25) is 4.79 Å². The van der Waals surface area contributed by atoms with Crippen molar-refractivity contribution in [3.05, 3.63) is 60.2 Å². The van der Waals surface area contributed by atoms with E-state index in [4.69, 9.17) is 14.2 Å². The van der Waals surface area contributed by atoms with Gasteiger partial charge in [0.15, 0.2) is 0 Å². The molecule has 6 nitrogen and oxygen atoms in total. The maximum atomic E-state index is 12.2. The van der Waals surface area contributed by atoms with Gasteiger partial charge in [0.05, 0.1) is 37.1 Å². The fourth-order valence-electron chi connectivity index (χ4n) is 4.76. The molecule has 6 heteroatoms. The second-order valence-corrected chi connectivity index (χ2v) is 8.71. The molecule has 32 heavy (non-hydrogen) atoms. The molecule has 0 unspecified atom stereocenters. The molecule has 2 aliphatic rings. The van der Waals surface area contributed by atoms with Crippen LogP contribution in [0.2, 0.25) is 0 Å². The van der Waals surface area contributed by atoms with Gasteiger partial charge in [-0.2, -0.15) is 0 Å². The molecule has 172 valence electrons. The molecule has 0 saturated carbocycles. The second-order valence-electron chi connectivity index (χ2n) is 8.71. The second kappa shape index (κ2) is 11.1. The zero-order valence-electron chi connectivity index (χ0n) is 18.6. The molecule has 2 saturated heterocycles. The zero-order chi connectivity index (χ0) is 22.3. The highest BCUT2D eigenvalue weighted by Crippen LogP contribution is 2.33. The van der Waals surface area contributed by atoms with E-state index in [2.05, 4.69) is 41.7 Å². The molecule has 2 aromatic rings. The lowest BCUT2D eigenvalue weighted by Crippen LogP contribution is -2.57. The third-order valence-corrected chi connectivity index (χ3v) is 6.44. The molecule has 1 amide bonds. The van der Waals surface area contributed by atoms with Crippen LogP contribution in [0.1, 0.15) is 31.2 Å². The van der Waals surface area contributed by atoms with E-state index in [-0.39, 0.29) is 49.6 Å². The van der Waals surface area contributed by atoms with Crippen molar-refractivity contribution in [2.75, 3.05) is 20.3 Å². The number of rotatable bonds is 8. The van der Waals surface area contributed by atoms with Crippen LogP contribution in [-0.2, 0) is 25.4 Å². The van der Waals surface area contributed by atoms with Crippen molar-refractivity contribution in [2.45, 2.75) is 62.6 Å². The van der Waals surface area contributed by atoms with Gasteiger partial charge in [-0.15, -0.1) is 0 Å². The normalized spacial score (nSPS) is 27.5. The van der Waals surface area contributed by atoms with Crippen molar-refractivity contribution in [3.63, 3.8) is 0 Å². The molecule has 2 fully saturated rings. The van der Waals surface area contributed by atoms with Crippen LogP contribution in [0.5, 0.6) is 0 Å². The lowest BCUT2D eigenvalue weighted by atomic mass is 9.88. The number of benzene rings is 2. The van der Waals surface area contributed by atoms with Crippen LogP contribution in [0.15, 0.2) is 54.6 Å². The Kier molecular flexibility index (Phi) is 7.92. The molecule has 5 atom stereocenters. The molecule has 0 bridgehead atoms. The number of aryl methyl sites for hydroxylation is 1. The van der Waals surface area contributed by atoms with Gasteiger partial charge in [0, 0.05) is 7.11 Å². The van der Waals surface area contributed by atoms with Crippen molar-refractivity contribution in [2.24, 2.45) is 0 Å². The van der Waals surface area contributed by atoms with Gasteiger partial charge in [0.25, 0.3) is 0 Å². The minimum atomic E-state index is -0.147. The summed E-state index contributed by atoms with van der Waals surface area (Å²) in [4.78, 5) is 12.2. The molecule has 2 heterocycles. The standard InChI is InChI=1S/C26H33NO5/c1-30-17-26(29)27-22-15-25-24(14-12-21(16-28)31-25)32-23(22)13-9-18-7-10-20(11-8-18)19-5-3-2-4-6-19/h2-8,10-11,21-25,28H,9,12-17H2,1H3,(H,27,29)/t21-,22-,23+,24-,25-/m0/s1.